The summed E-state index contributed by atoms with van der Waals surface area (Å²) in [4.78, 5) is 27.1. The van der Waals surface area contributed by atoms with Gasteiger partial charge in [0.05, 0.1) is 0 Å². The first-order chi connectivity index (χ1) is 11.9. The molecule has 0 radical (unpaired) electrons. The Labute approximate surface area is 150 Å². The number of aryl methyl sites for hydroxylation is 2. The van der Waals surface area contributed by atoms with Gasteiger partial charge in [0, 0.05) is 33.7 Å². The lowest BCUT2D eigenvalue weighted by Gasteiger charge is -2.09. The minimum Gasteiger partial charge on any atom is -0.334 e. The van der Waals surface area contributed by atoms with Crippen molar-refractivity contribution in [1.29, 1.82) is 0 Å². The van der Waals surface area contributed by atoms with Crippen LogP contribution in [0.5, 0.6) is 0 Å². The van der Waals surface area contributed by atoms with E-state index in [1.165, 1.54) is 0 Å². The van der Waals surface area contributed by atoms with Crippen LogP contribution in [-0.2, 0) is 6.54 Å². The molecule has 0 unspecified atom stereocenters. The zero-order valence-electron chi connectivity index (χ0n) is 13.9. The average Bonchev–Trinajstić information content (AvgIpc) is 2.53. The molecule has 2 amide bonds. The Morgan fingerprint density at radius 1 is 1.16 bits per heavy atom. The molecule has 3 N–H and O–H groups in total. The molecule has 1 aromatic heterocycles. The van der Waals surface area contributed by atoms with E-state index in [-0.39, 0.29) is 12.1 Å². The normalized spacial score (nSPS) is 10.7. The molecular weight excluding hydrogens is 338 g/mol. The molecule has 0 aliphatic heterocycles. The molecule has 0 bridgehead atoms. The molecule has 0 saturated heterocycles. The molecule has 6 heteroatoms. The van der Waals surface area contributed by atoms with Gasteiger partial charge in [0.15, 0.2) is 0 Å². The topological polar surface area (TPSA) is 74.0 Å². The van der Waals surface area contributed by atoms with Crippen LogP contribution < -0.4 is 16.2 Å². The highest BCUT2D eigenvalue weighted by molar-refractivity contribution is 6.30. The molecule has 0 fully saturated rings. The van der Waals surface area contributed by atoms with E-state index in [4.69, 9.17) is 11.6 Å². The van der Waals surface area contributed by atoms with Crippen LogP contribution in [0.25, 0.3) is 10.9 Å². The van der Waals surface area contributed by atoms with E-state index in [0.717, 1.165) is 22.0 Å². The maximum Gasteiger partial charge on any atom is 0.319 e. The monoisotopic (exact) mass is 355 g/mol. The van der Waals surface area contributed by atoms with Gasteiger partial charge in [-0.3, -0.25) is 4.79 Å². The van der Waals surface area contributed by atoms with E-state index < -0.39 is 6.03 Å². The molecule has 3 aromatic rings. The van der Waals surface area contributed by atoms with Crippen molar-refractivity contribution in [3.63, 3.8) is 0 Å². The van der Waals surface area contributed by atoms with Crippen LogP contribution in [0.15, 0.2) is 47.3 Å². The predicted octanol–water partition coefficient (Wildman–Crippen LogP) is 4.12. The number of hydrogen-bond donors (Lipinski definition) is 3. The second-order valence-electron chi connectivity index (χ2n) is 5.98. The Bertz CT molecular complexity index is 1010. The molecule has 128 valence electrons. The van der Waals surface area contributed by atoms with Gasteiger partial charge in [-0.2, -0.15) is 0 Å². The summed E-state index contributed by atoms with van der Waals surface area (Å²) in [6.45, 7) is 4.11. The quantitative estimate of drug-likeness (QED) is 0.661. The van der Waals surface area contributed by atoms with Crippen LogP contribution in [0.1, 0.15) is 16.7 Å². The Morgan fingerprint density at radius 3 is 2.72 bits per heavy atom. The van der Waals surface area contributed by atoms with Crippen molar-refractivity contribution in [1.82, 2.24) is 10.3 Å². The summed E-state index contributed by atoms with van der Waals surface area (Å²) in [6.07, 6.45) is 0. The van der Waals surface area contributed by atoms with Gasteiger partial charge >= 0.3 is 6.03 Å². The minimum absolute atomic E-state index is 0.130. The number of anilines is 1. The van der Waals surface area contributed by atoms with Gasteiger partial charge in [0.25, 0.3) is 5.56 Å². The third-order valence-corrected chi connectivity index (χ3v) is 4.15. The van der Waals surface area contributed by atoms with Crippen LogP contribution in [0.3, 0.4) is 0 Å². The van der Waals surface area contributed by atoms with Crippen molar-refractivity contribution < 1.29 is 4.79 Å². The summed E-state index contributed by atoms with van der Waals surface area (Å²) >= 11 is 5.89. The predicted molar refractivity (Wildman–Crippen MR) is 101 cm³/mol. The molecule has 2 aromatic carbocycles. The van der Waals surface area contributed by atoms with Gasteiger partial charge in [0.1, 0.15) is 0 Å². The van der Waals surface area contributed by atoms with Gasteiger partial charge in [-0.05, 0) is 55.3 Å². The molecule has 0 atom stereocenters. The first kappa shape index (κ1) is 17.0. The van der Waals surface area contributed by atoms with Crippen LogP contribution in [-0.4, -0.2) is 11.0 Å². The Kier molecular flexibility index (Phi) is 4.76. The maximum atomic E-state index is 12.2. The van der Waals surface area contributed by atoms with Crippen molar-refractivity contribution in [2.45, 2.75) is 20.4 Å². The molecule has 1 heterocycles. The number of halogens is 1. The summed E-state index contributed by atoms with van der Waals surface area (Å²) < 4.78 is 0. The third kappa shape index (κ3) is 4.00. The van der Waals surface area contributed by atoms with Gasteiger partial charge in [0.2, 0.25) is 0 Å². The van der Waals surface area contributed by atoms with Crippen LogP contribution in [0.4, 0.5) is 10.5 Å². The number of amides is 2. The fourth-order valence-corrected chi connectivity index (χ4v) is 2.95. The lowest BCUT2D eigenvalue weighted by atomic mass is 10.0. The molecular formula is C19H18ClN3O2. The Hall–Kier alpha value is -2.79. The third-order valence-electron chi connectivity index (χ3n) is 3.91. The fraction of sp³-hybridized carbons (Fsp3) is 0.158. The van der Waals surface area contributed by atoms with Crippen molar-refractivity contribution in [2.75, 3.05) is 5.32 Å². The van der Waals surface area contributed by atoms with E-state index in [1.807, 2.05) is 26.0 Å². The number of nitrogens with one attached hydrogen (secondary N) is 3. The van der Waals surface area contributed by atoms with Gasteiger partial charge < -0.3 is 15.6 Å². The number of carbonyl (C=O) groups is 1. The average molecular weight is 356 g/mol. The summed E-state index contributed by atoms with van der Waals surface area (Å²) in [5.74, 6) is 0. The standard InChI is InChI=1S/C19H18ClN3O2/c1-11-6-12(2)16-8-13(18(24)23-17(16)7-11)10-21-19(25)22-15-5-3-4-14(20)9-15/h3-9H,10H2,1-2H3,(H,23,24)(H2,21,22,25). The van der Waals surface area contributed by atoms with Crippen LogP contribution >= 0.6 is 11.6 Å². The number of rotatable bonds is 3. The second-order valence-corrected chi connectivity index (χ2v) is 6.42. The van der Waals surface area contributed by atoms with E-state index in [2.05, 4.69) is 21.7 Å². The summed E-state index contributed by atoms with van der Waals surface area (Å²) in [6, 6.07) is 12.3. The second kappa shape index (κ2) is 6.99. The number of aromatic amines is 1. The largest absolute Gasteiger partial charge is 0.334 e. The van der Waals surface area contributed by atoms with Crippen molar-refractivity contribution in [3.8, 4) is 0 Å². The first-order valence-electron chi connectivity index (χ1n) is 7.86. The van der Waals surface area contributed by atoms with Crippen molar-refractivity contribution in [2.24, 2.45) is 0 Å². The number of benzene rings is 2. The number of fused-ring (bicyclic) bond motifs is 1. The fourth-order valence-electron chi connectivity index (χ4n) is 2.76. The Balaban J connectivity index is 1.75. The van der Waals surface area contributed by atoms with Gasteiger partial charge in [-0.15, -0.1) is 0 Å². The molecule has 0 aliphatic rings. The highest BCUT2D eigenvalue weighted by atomic mass is 35.5. The Morgan fingerprint density at radius 2 is 1.96 bits per heavy atom. The molecule has 3 rings (SSSR count). The molecule has 0 spiro atoms. The number of aromatic nitrogens is 1. The highest BCUT2D eigenvalue weighted by Gasteiger charge is 2.08. The van der Waals surface area contributed by atoms with Gasteiger partial charge in [-0.25, -0.2) is 4.79 Å². The minimum atomic E-state index is -0.401. The summed E-state index contributed by atoms with van der Waals surface area (Å²) in [5.41, 5.74) is 3.85. The van der Waals surface area contributed by atoms with Crippen LogP contribution in [0, 0.1) is 13.8 Å². The summed E-state index contributed by atoms with van der Waals surface area (Å²) in [7, 11) is 0. The van der Waals surface area contributed by atoms with E-state index in [1.54, 1.807) is 24.3 Å². The van der Waals surface area contributed by atoms with Crippen LogP contribution in [0.2, 0.25) is 5.02 Å². The smallest absolute Gasteiger partial charge is 0.319 e. The number of H-pyrrole nitrogens is 1. The van der Waals surface area contributed by atoms with Gasteiger partial charge in [-0.1, -0.05) is 23.7 Å². The first-order valence-corrected chi connectivity index (χ1v) is 8.24. The molecule has 0 saturated carbocycles. The molecule has 25 heavy (non-hydrogen) atoms. The maximum absolute atomic E-state index is 12.2. The van der Waals surface area contributed by atoms with E-state index in [0.29, 0.717) is 16.3 Å². The van der Waals surface area contributed by atoms with Crippen molar-refractivity contribution >= 4 is 34.2 Å². The lowest BCUT2D eigenvalue weighted by Crippen LogP contribution is -2.30. The number of hydrogen-bond acceptors (Lipinski definition) is 2. The number of urea groups is 1. The molecule has 5 nitrogen and oxygen atoms in total. The SMILES string of the molecule is Cc1cc(C)c2cc(CNC(=O)Nc3cccc(Cl)c3)c(=O)[nH]c2c1. The lowest BCUT2D eigenvalue weighted by molar-refractivity contribution is 0.251. The van der Waals surface area contributed by atoms with E-state index >= 15 is 0 Å². The highest BCUT2D eigenvalue weighted by Crippen LogP contribution is 2.18. The zero-order valence-corrected chi connectivity index (χ0v) is 14.7. The summed E-state index contributed by atoms with van der Waals surface area (Å²) in [5, 5.41) is 6.88. The van der Waals surface area contributed by atoms with E-state index in [9.17, 15) is 9.59 Å². The number of carbonyl (C=O) groups excluding carboxylic acids is 1. The molecule has 0 aliphatic carbocycles. The zero-order chi connectivity index (χ0) is 18.0. The number of pyridine rings is 1. The van der Waals surface area contributed by atoms with Crippen molar-refractivity contribution in [3.05, 3.63) is 74.5 Å².